The van der Waals surface area contributed by atoms with Gasteiger partial charge in [0.05, 0.1) is 13.2 Å². The number of aliphatic hydroxyl groups is 9. The fraction of sp³-hybridized carbons (Fsp3) is 0.909. The molecule has 0 aliphatic heterocycles. The van der Waals surface area contributed by atoms with Crippen LogP contribution >= 0.6 is 0 Å². The molecule has 132 valence electrons. The molecule has 0 aliphatic rings. The summed E-state index contributed by atoms with van der Waals surface area (Å²) >= 11 is 0. The maximum Gasteiger partial charge on any atom is 0.337 e. The molecule has 0 aromatic heterocycles. The van der Waals surface area contributed by atoms with Crippen molar-refractivity contribution >= 4 is 5.97 Å². The van der Waals surface area contributed by atoms with E-state index in [2.05, 4.69) is 4.74 Å². The van der Waals surface area contributed by atoms with E-state index in [1.165, 1.54) is 0 Å². The molecule has 0 amide bonds. The zero-order valence-corrected chi connectivity index (χ0v) is 11.5. The molecule has 0 radical (unpaired) electrons. The number of carbonyl (C=O) groups is 1. The highest BCUT2D eigenvalue weighted by atomic mass is 16.6. The molecule has 0 aromatic carbocycles. The van der Waals surface area contributed by atoms with Crippen LogP contribution in [0.15, 0.2) is 0 Å². The Kier molecular flexibility index (Phi) is 9.59. The molecule has 0 bridgehead atoms. The lowest BCUT2D eigenvalue weighted by Gasteiger charge is -2.25. The lowest BCUT2D eigenvalue weighted by atomic mass is 10.0. The lowest BCUT2D eigenvalue weighted by molar-refractivity contribution is -0.176. The normalized spacial score (nSPS) is 21.3. The fourth-order valence-electron chi connectivity index (χ4n) is 1.38. The van der Waals surface area contributed by atoms with Crippen molar-refractivity contribution < 1.29 is 55.5 Å². The van der Waals surface area contributed by atoms with Crippen LogP contribution in [-0.4, -0.2) is 114 Å². The van der Waals surface area contributed by atoms with Crippen LogP contribution in [0.25, 0.3) is 0 Å². The number of ether oxygens (including phenoxy) is 1. The minimum absolute atomic E-state index is 0.848. The predicted octanol–water partition coefficient (Wildman–Crippen LogP) is -5.96. The highest BCUT2D eigenvalue weighted by Gasteiger charge is 2.35. The number of carbonyl (C=O) groups excluding carboxylic acids is 1. The van der Waals surface area contributed by atoms with Gasteiger partial charge in [-0.15, -0.1) is 0 Å². The summed E-state index contributed by atoms with van der Waals surface area (Å²) in [5.41, 5.74) is 0. The van der Waals surface area contributed by atoms with E-state index in [0.717, 1.165) is 0 Å². The number of rotatable bonds is 10. The van der Waals surface area contributed by atoms with Crippen LogP contribution in [0.3, 0.4) is 0 Å². The third kappa shape index (κ3) is 6.08. The average molecular weight is 330 g/mol. The van der Waals surface area contributed by atoms with Crippen LogP contribution in [0.4, 0.5) is 0 Å². The predicted molar refractivity (Wildman–Crippen MR) is 67.2 cm³/mol. The summed E-state index contributed by atoms with van der Waals surface area (Å²) in [6.45, 7) is -2.65. The number of aliphatic hydroxyl groups excluding tert-OH is 9. The maximum atomic E-state index is 11.4. The van der Waals surface area contributed by atoms with Gasteiger partial charge in [-0.3, -0.25) is 0 Å². The number of esters is 1. The Morgan fingerprint density at radius 2 is 1.18 bits per heavy atom. The maximum absolute atomic E-state index is 11.4. The summed E-state index contributed by atoms with van der Waals surface area (Å²) in [4.78, 5) is 11.4. The van der Waals surface area contributed by atoms with Gasteiger partial charge < -0.3 is 50.7 Å². The molecular formula is C11H22O11. The van der Waals surface area contributed by atoms with Crippen LogP contribution in [0.1, 0.15) is 0 Å². The highest BCUT2D eigenvalue weighted by molar-refractivity contribution is 5.75. The average Bonchev–Trinajstić information content (AvgIpc) is 2.54. The van der Waals surface area contributed by atoms with Gasteiger partial charge in [-0.1, -0.05) is 0 Å². The van der Waals surface area contributed by atoms with Gasteiger partial charge in [-0.25, -0.2) is 4.79 Å². The van der Waals surface area contributed by atoms with Gasteiger partial charge in [0.25, 0.3) is 0 Å². The van der Waals surface area contributed by atoms with Crippen molar-refractivity contribution in [3.05, 3.63) is 0 Å². The number of hydrogen-bond acceptors (Lipinski definition) is 11. The molecular weight excluding hydrogens is 308 g/mol. The Bertz CT molecular complexity index is 325. The molecule has 11 heteroatoms. The molecule has 0 unspecified atom stereocenters. The van der Waals surface area contributed by atoms with Crippen LogP contribution in [0, 0.1) is 0 Å². The fourth-order valence-corrected chi connectivity index (χ4v) is 1.38. The first-order chi connectivity index (χ1) is 10.2. The Labute approximate surface area is 125 Å². The largest absolute Gasteiger partial charge is 0.461 e. The van der Waals surface area contributed by atoms with Crippen molar-refractivity contribution in [3.8, 4) is 0 Å². The monoisotopic (exact) mass is 330 g/mol. The van der Waals surface area contributed by atoms with E-state index in [1.807, 2.05) is 0 Å². The van der Waals surface area contributed by atoms with Gasteiger partial charge >= 0.3 is 5.97 Å². The van der Waals surface area contributed by atoms with E-state index in [9.17, 15) is 30.3 Å². The summed E-state index contributed by atoms with van der Waals surface area (Å²) in [6.07, 6.45) is -13.6. The molecule has 0 spiro atoms. The minimum Gasteiger partial charge on any atom is -0.461 e. The first-order valence-corrected chi connectivity index (χ1v) is 6.32. The van der Waals surface area contributed by atoms with E-state index in [-0.39, 0.29) is 0 Å². The molecule has 0 fully saturated rings. The van der Waals surface area contributed by atoms with Crippen LogP contribution < -0.4 is 0 Å². The van der Waals surface area contributed by atoms with Crippen LogP contribution in [-0.2, 0) is 9.53 Å². The van der Waals surface area contributed by atoms with Crippen LogP contribution in [0.2, 0.25) is 0 Å². The smallest absolute Gasteiger partial charge is 0.337 e. The zero-order chi connectivity index (χ0) is 17.4. The molecule has 7 atom stereocenters. The van der Waals surface area contributed by atoms with E-state index >= 15 is 0 Å². The van der Waals surface area contributed by atoms with Crippen molar-refractivity contribution in [2.45, 2.75) is 42.7 Å². The second kappa shape index (κ2) is 9.99. The molecule has 0 rings (SSSR count). The summed E-state index contributed by atoms with van der Waals surface area (Å²) in [6, 6.07) is 0. The van der Waals surface area contributed by atoms with Crippen molar-refractivity contribution in [3.63, 3.8) is 0 Å². The minimum atomic E-state index is -2.29. The van der Waals surface area contributed by atoms with Crippen molar-refractivity contribution in [1.82, 2.24) is 0 Å². The second-order valence-corrected chi connectivity index (χ2v) is 4.61. The van der Waals surface area contributed by atoms with Crippen molar-refractivity contribution in [2.75, 3.05) is 19.8 Å². The second-order valence-electron chi connectivity index (χ2n) is 4.61. The van der Waals surface area contributed by atoms with Gasteiger partial charge in [0.1, 0.15) is 43.2 Å². The van der Waals surface area contributed by atoms with E-state index in [0.29, 0.717) is 0 Å². The molecule has 11 nitrogen and oxygen atoms in total. The Morgan fingerprint density at radius 3 is 1.64 bits per heavy atom. The standard InChI is InChI=1S/C11H22O11/c12-1-4(14)7(17)6(16)3-22-11(21)10(20)9(19)8(18)5(15)2-13/h4-10,12-20H,1-3H2/t4-,5-,6+,7+,8-,9+,10-/m1/s1. The molecule has 0 saturated carbocycles. The molecule has 9 N–H and O–H groups in total. The van der Waals surface area contributed by atoms with E-state index < -0.39 is 68.5 Å². The van der Waals surface area contributed by atoms with Gasteiger partial charge in [-0.05, 0) is 0 Å². The lowest BCUT2D eigenvalue weighted by Crippen LogP contribution is -2.50. The summed E-state index contributed by atoms with van der Waals surface area (Å²) in [7, 11) is 0. The third-order valence-corrected chi connectivity index (χ3v) is 2.87. The Morgan fingerprint density at radius 1 is 0.727 bits per heavy atom. The van der Waals surface area contributed by atoms with E-state index in [4.69, 9.17) is 20.4 Å². The van der Waals surface area contributed by atoms with Gasteiger partial charge in [-0.2, -0.15) is 0 Å². The van der Waals surface area contributed by atoms with Gasteiger partial charge in [0.15, 0.2) is 6.10 Å². The first-order valence-electron chi connectivity index (χ1n) is 6.32. The molecule has 0 aromatic rings. The molecule has 0 saturated heterocycles. The Hall–Kier alpha value is -0.890. The summed E-state index contributed by atoms with van der Waals surface area (Å²) < 4.78 is 4.36. The first kappa shape index (κ1) is 21.1. The zero-order valence-electron chi connectivity index (χ0n) is 11.5. The van der Waals surface area contributed by atoms with Gasteiger partial charge in [0.2, 0.25) is 0 Å². The van der Waals surface area contributed by atoms with Crippen LogP contribution in [0.5, 0.6) is 0 Å². The SMILES string of the molecule is O=C(OC[C@H](O)[C@@H](O)[C@H](O)CO)[C@H](O)[C@@H](O)[C@H](O)[C@H](O)CO. The summed E-state index contributed by atoms with van der Waals surface area (Å²) in [5.74, 6) is -1.48. The molecule has 0 heterocycles. The van der Waals surface area contributed by atoms with E-state index in [1.54, 1.807) is 0 Å². The topological polar surface area (TPSA) is 208 Å². The number of hydrogen-bond donors (Lipinski definition) is 9. The molecule has 22 heavy (non-hydrogen) atoms. The van der Waals surface area contributed by atoms with Crippen molar-refractivity contribution in [1.29, 1.82) is 0 Å². The third-order valence-electron chi connectivity index (χ3n) is 2.87. The van der Waals surface area contributed by atoms with Crippen molar-refractivity contribution in [2.24, 2.45) is 0 Å². The summed E-state index contributed by atoms with van der Waals surface area (Å²) in [5, 5.41) is 82.0. The molecule has 0 aliphatic carbocycles. The highest BCUT2D eigenvalue weighted by Crippen LogP contribution is 2.08. The van der Waals surface area contributed by atoms with Gasteiger partial charge in [0, 0.05) is 0 Å². The quantitative estimate of drug-likeness (QED) is 0.172. The Balaban J connectivity index is 4.42.